The summed E-state index contributed by atoms with van der Waals surface area (Å²) in [7, 11) is 0. The second-order valence-electron chi connectivity index (χ2n) is 6.27. The number of rotatable bonds is 2. The van der Waals surface area contributed by atoms with Crippen molar-refractivity contribution < 1.29 is 0 Å². The Balaban J connectivity index is 0.00000120. The minimum atomic E-state index is 0. The number of hydrogen-bond acceptors (Lipinski definition) is 6. The second kappa shape index (κ2) is 9.54. The monoisotopic (exact) mass is 548 g/mol. The van der Waals surface area contributed by atoms with E-state index in [0.29, 0.717) is 0 Å². The highest BCUT2D eigenvalue weighted by Crippen LogP contribution is 2.45. The predicted octanol–water partition coefficient (Wildman–Crippen LogP) is 7.01. The van der Waals surface area contributed by atoms with E-state index in [1.807, 2.05) is 30.3 Å². The summed E-state index contributed by atoms with van der Waals surface area (Å²) in [6.07, 6.45) is 0. The highest BCUT2D eigenvalue weighted by atomic mass is 79.9. The molecule has 0 saturated carbocycles. The molecule has 3 heterocycles. The Hall–Kier alpha value is -0.830. The molecular formula is C19H16BrCl3N4S2. The molecule has 2 aromatic carbocycles. The Bertz CT molecular complexity index is 1040. The molecule has 0 unspecified atom stereocenters. The van der Waals surface area contributed by atoms with E-state index in [1.165, 1.54) is 11.3 Å². The quantitative estimate of drug-likeness (QED) is 0.437. The molecule has 10 heteroatoms. The summed E-state index contributed by atoms with van der Waals surface area (Å²) < 4.78 is 1.12. The van der Waals surface area contributed by atoms with E-state index >= 15 is 0 Å². The minimum absolute atomic E-state index is 0. The van der Waals surface area contributed by atoms with E-state index in [4.69, 9.17) is 16.6 Å². The molecule has 0 aliphatic carbocycles. The Morgan fingerprint density at radius 2 is 2.00 bits per heavy atom. The number of fused-ring (bicyclic) bond motifs is 3. The zero-order valence-electron chi connectivity index (χ0n) is 14.9. The van der Waals surface area contributed by atoms with Crippen molar-refractivity contribution in [1.82, 2.24) is 4.90 Å². The molecule has 4 nitrogen and oxygen atoms in total. The van der Waals surface area contributed by atoms with Crippen LogP contribution in [0.15, 0.2) is 62.0 Å². The summed E-state index contributed by atoms with van der Waals surface area (Å²) in [5.74, 6) is 0.816. The van der Waals surface area contributed by atoms with Gasteiger partial charge < -0.3 is 10.2 Å². The summed E-state index contributed by atoms with van der Waals surface area (Å²) in [4.78, 5) is 11.7. The number of hydrogen-bond donors (Lipinski definition) is 1. The van der Waals surface area contributed by atoms with Crippen molar-refractivity contribution in [2.45, 2.75) is 13.1 Å². The van der Waals surface area contributed by atoms with Crippen molar-refractivity contribution in [3.05, 3.63) is 68.1 Å². The van der Waals surface area contributed by atoms with Crippen LogP contribution in [-0.2, 0) is 13.1 Å². The van der Waals surface area contributed by atoms with Crippen LogP contribution in [0.4, 0.5) is 11.4 Å². The predicted molar refractivity (Wildman–Crippen MR) is 136 cm³/mol. The normalized spacial score (nSPS) is 16.4. The van der Waals surface area contributed by atoms with E-state index in [1.54, 1.807) is 23.5 Å². The van der Waals surface area contributed by atoms with Gasteiger partial charge in [-0.3, -0.25) is 4.99 Å². The lowest BCUT2D eigenvalue weighted by atomic mass is 10.1. The molecular weight excluding hydrogens is 535 g/mol. The number of amidine groups is 2. The zero-order chi connectivity index (χ0) is 18.4. The Labute approximate surface area is 203 Å². The third-order valence-corrected chi connectivity index (χ3v) is 7.56. The molecule has 0 saturated heterocycles. The van der Waals surface area contributed by atoms with Crippen LogP contribution >= 0.6 is 75.9 Å². The van der Waals surface area contributed by atoms with Crippen LogP contribution in [0.2, 0.25) is 5.02 Å². The van der Waals surface area contributed by atoms with Gasteiger partial charge >= 0.3 is 0 Å². The fraction of sp³-hybridized carbons (Fsp3) is 0.158. The summed E-state index contributed by atoms with van der Waals surface area (Å²) >= 11 is 13.3. The van der Waals surface area contributed by atoms with Crippen molar-refractivity contribution in [2.75, 3.05) is 11.1 Å². The molecule has 1 N–H and O–H groups in total. The van der Waals surface area contributed by atoms with E-state index in [2.05, 4.69) is 43.3 Å². The molecule has 0 atom stereocenters. The summed E-state index contributed by atoms with van der Waals surface area (Å²) in [6, 6.07) is 14.2. The third-order valence-electron chi connectivity index (χ3n) is 4.55. The van der Waals surface area contributed by atoms with Crippen molar-refractivity contribution in [3.63, 3.8) is 0 Å². The summed E-state index contributed by atoms with van der Waals surface area (Å²) in [5, 5.41) is 6.15. The van der Waals surface area contributed by atoms with Gasteiger partial charge in [0.1, 0.15) is 0 Å². The van der Waals surface area contributed by atoms with Crippen molar-refractivity contribution >= 4 is 97.6 Å². The van der Waals surface area contributed by atoms with Crippen LogP contribution in [0.5, 0.6) is 0 Å². The molecule has 0 fully saturated rings. The lowest BCUT2D eigenvalue weighted by Crippen LogP contribution is -2.28. The maximum atomic E-state index is 6.17. The fourth-order valence-electron chi connectivity index (χ4n) is 3.17. The van der Waals surface area contributed by atoms with Gasteiger partial charge in [0.15, 0.2) is 10.3 Å². The van der Waals surface area contributed by atoms with Gasteiger partial charge in [-0.15, -0.1) is 24.8 Å². The SMILES string of the molecule is Cl.Cl.Clc1ccc2c(c1)CN1C(=N2)SC(Br)=C1CSC1=NCc2ccccc2N1. The largest absolute Gasteiger partial charge is 0.335 e. The number of nitrogens with zero attached hydrogens (tertiary/aromatic N) is 3. The number of nitrogens with one attached hydrogen (secondary N) is 1. The molecule has 0 aromatic heterocycles. The number of anilines is 1. The second-order valence-corrected chi connectivity index (χ2v) is 9.96. The standard InChI is InChI=1S/C19H14BrClN4S2.2ClH/c20-17-16(10-26-18-22-8-11-3-1-2-4-14(11)23-18)25-9-12-7-13(21)5-6-15(12)24-19(25)27-17;;/h1-7H,8-10H2,(H,22,23);2*1H. The van der Waals surface area contributed by atoms with Gasteiger partial charge in [0.05, 0.1) is 28.3 Å². The maximum Gasteiger partial charge on any atom is 0.174 e. The molecule has 0 radical (unpaired) electrons. The van der Waals surface area contributed by atoms with Crippen LogP contribution in [-0.4, -0.2) is 21.0 Å². The molecule has 3 aliphatic rings. The first-order valence-corrected chi connectivity index (χ1v) is 11.4. The van der Waals surface area contributed by atoms with Crippen molar-refractivity contribution in [1.29, 1.82) is 0 Å². The highest BCUT2D eigenvalue weighted by Gasteiger charge is 2.32. The van der Waals surface area contributed by atoms with Crippen LogP contribution < -0.4 is 5.32 Å². The number of para-hydroxylation sites is 1. The van der Waals surface area contributed by atoms with Crippen LogP contribution in [0, 0.1) is 0 Å². The average molecular weight is 551 g/mol. The number of halogens is 4. The van der Waals surface area contributed by atoms with E-state index < -0.39 is 0 Å². The van der Waals surface area contributed by atoms with Gasteiger partial charge in [0, 0.05) is 16.5 Å². The topological polar surface area (TPSA) is 40.0 Å². The molecule has 0 bridgehead atoms. The summed E-state index contributed by atoms with van der Waals surface area (Å²) in [6.45, 7) is 1.51. The lowest BCUT2D eigenvalue weighted by Gasteiger charge is -2.27. The van der Waals surface area contributed by atoms with E-state index in [-0.39, 0.29) is 24.8 Å². The van der Waals surface area contributed by atoms with Gasteiger partial charge in [0.2, 0.25) is 0 Å². The van der Waals surface area contributed by atoms with Crippen molar-refractivity contribution in [2.24, 2.45) is 9.98 Å². The smallest absolute Gasteiger partial charge is 0.174 e. The summed E-state index contributed by atoms with van der Waals surface area (Å²) in [5.41, 5.74) is 5.75. The van der Waals surface area contributed by atoms with E-state index in [0.717, 1.165) is 55.0 Å². The molecule has 0 amide bonds. The van der Waals surface area contributed by atoms with Gasteiger partial charge in [0.25, 0.3) is 0 Å². The molecule has 0 spiro atoms. The Kier molecular flexibility index (Phi) is 7.51. The number of thioether (sulfide) groups is 2. The minimum Gasteiger partial charge on any atom is -0.335 e. The first-order chi connectivity index (χ1) is 13.2. The molecule has 5 rings (SSSR count). The Morgan fingerprint density at radius 3 is 2.86 bits per heavy atom. The zero-order valence-corrected chi connectivity index (χ0v) is 20.5. The number of aliphatic imine (C=N–C) groups is 2. The average Bonchev–Trinajstić information content (AvgIpc) is 2.98. The van der Waals surface area contributed by atoms with Gasteiger partial charge in [-0.25, -0.2) is 4.99 Å². The van der Waals surface area contributed by atoms with Crippen molar-refractivity contribution in [3.8, 4) is 0 Å². The molecule has 152 valence electrons. The fourth-order valence-corrected chi connectivity index (χ4v) is 6.23. The maximum absolute atomic E-state index is 6.17. The number of benzene rings is 2. The van der Waals surface area contributed by atoms with Gasteiger partial charge in [-0.05, 0) is 63.1 Å². The van der Waals surface area contributed by atoms with Gasteiger partial charge in [-0.1, -0.05) is 41.6 Å². The van der Waals surface area contributed by atoms with Crippen LogP contribution in [0.25, 0.3) is 0 Å². The first kappa shape index (κ1) is 22.8. The van der Waals surface area contributed by atoms with E-state index in [9.17, 15) is 0 Å². The van der Waals surface area contributed by atoms with Gasteiger partial charge in [-0.2, -0.15) is 0 Å². The lowest BCUT2D eigenvalue weighted by molar-refractivity contribution is 0.519. The van der Waals surface area contributed by atoms with Crippen LogP contribution in [0.3, 0.4) is 0 Å². The molecule has 29 heavy (non-hydrogen) atoms. The van der Waals surface area contributed by atoms with Crippen LogP contribution in [0.1, 0.15) is 11.1 Å². The Morgan fingerprint density at radius 1 is 1.17 bits per heavy atom. The first-order valence-electron chi connectivity index (χ1n) is 8.41. The highest BCUT2D eigenvalue weighted by molar-refractivity contribution is 9.14. The third kappa shape index (κ3) is 4.60. The molecule has 2 aromatic rings. The molecule has 3 aliphatic heterocycles.